The van der Waals surface area contributed by atoms with Crippen molar-refractivity contribution in [1.82, 2.24) is 5.32 Å². The van der Waals surface area contributed by atoms with E-state index in [4.69, 9.17) is 28.5 Å². The molecule has 1 N–H and O–H groups in total. The summed E-state index contributed by atoms with van der Waals surface area (Å²) < 4.78 is 13.3. The lowest BCUT2D eigenvalue weighted by atomic mass is 10.1. The lowest BCUT2D eigenvalue weighted by Crippen LogP contribution is -2.24. The zero-order valence-corrected chi connectivity index (χ0v) is 11.1. The molecule has 1 rings (SSSR count). The molecule has 0 saturated carbocycles. The summed E-state index contributed by atoms with van der Waals surface area (Å²) in [5, 5.41) is 12.2. The number of benzene rings is 1. The van der Waals surface area contributed by atoms with E-state index in [1.165, 1.54) is 12.1 Å². The Morgan fingerprint density at radius 1 is 1.41 bits per heavy atom. The molecule has 0 radical (unpaired) electrons. The van der Waals surface area contributed by atoms with Gasteiger partial charge in [-0.15, -0.1) is 0 Å². The average molecular weight is 275 g/mol. The van der Waals surface area contributed by atoms with Gasteiger partial charge in [-0.1, -0.05) is 23.2 Å². The van der Waals surface area contributed by atoms with E-state index in [1.54, 1.807) is 6.92 Å². The van der Waals surface area contributed by atoms with Crippen LogP contribution in [0.2, 0.25) is 10.0 Å². The van der Waals surface area contributed by atoms with E-state index in [9.17, 15) is 4.39 Å². The molecule has 2 unspecified atom stereocenters. The second-order valence-electron chi connectivity index (χ2n) is 3.92. The summed E-state index contributed by atoms with van der Waals surface area (Å²) >= 11 is 11.9. The Kier molecular flexibility index (Phi) is 5.20. The number of hydrogen-bond acceptors (Lipinski definition) is 2. The Morgan fingerprint density at radius 2 is 2.06 bits per heavy atom. The van der Waals surface area contributed by atoms with Crippen LogP contribution in [0.15, 0.2) is 12.1 Å². The molecule has 17 heavy (non-hydrogen) atoms. The van der Waals surface area contributed by atoms with Gasteiger partial charge in [0.15, 0.2) is 0 Å². The minimum absolute atomic E-state index is 0.0297. The maximum atomic E-state index is 13.3. The van der Waals surface area contributed by atoms with Crippen molar-refractivity contribution in [3.05, 3.63) is 33.6 Å². The Labute approximate surface area is 110 Å². The number of nitrogens with one attached hydrogen (secondary N) is 1. The third-order valence-corrected chi connectivity index (χ3v) is 3.18. The van der Waals surface area contributed by atoms with Gasteiger partial charge in [0, 0.05) is 23.2 Å². The van der Waals surface area contributed by atoms with Gasteiger partial charge in [0.25, 0.3) is 0 Å². The van der Waals surface area contributed by atoms with Crippen molar-refractivity contribution in [3.8, 4) is 6.07 Å². The molecule has 1 aromatic rings. The molecule has 0 aliphatic heterocycles. The quantitative estimate of drug-likeness (QED) is 0.845. The summed E-state index contributed by atoms with van der Waals surface area (Å²) in [5.41, 5.74) is 0.526. The van der Waals surface area contributed by atoms with Crippen molar-refractivity contribution in [2.45, 2.75) is 19.9 Å². The first-order valence-corrected chi connectivity index (χ1v) is 5.99. The molecule has 0 bridgehead atoms. The highest BCUT2D eigenvalue weighted by Crippen LogP contribution is 2.32. The SMILES string of the molecule is CC(C#N)CNC(C)c1c(Cl)ccc(F)c1Cl. The fraction of sp³-hybridized carbons (Fsp3) is 0.417. The molecule has 0 aromatic heterocycles. The van der Waals surface area contributed by atoms with Crippen molar-refractivity contribution in [1.29, 1.82) is 5.26 Å². The van der Waals surface area contributed by atoms with E-state index >= 15 is 0 Å². The molecule has 92 valence electrons. The standard InChI is InChI=1S/C12H13Cl2FN2/c1-7(5-16)6-17-8(2)11-9(13)3-4-10(15)12(11)14/h3-4,7-8,17H,6H2,1-2H3. The largest absolute Gasteiger partial charge is 0.309 e. The number of nitrogens with zero attached hydrogens (tertiary/aromatic N) is 1. The van der Waals surface area contributed by atoms with E-state index in [0.29, 0.717) is 17.1 Å². The molecule has 1 aromatic carbocycles. The maximum absolute atomic E-state index is 13.3. The summed E-state index contributed by atoms with van der Waals surface area (Å²) in [4.78, 5) is 0. The minimum atomic E-state index is -0.493. The number of hydrogen-bond donors (Lipinski definition) is 1. The maximum Gasteiger partial charge on any atom is 0.142 e. The Balaban J connectivity index is 2.86. The van der Waals surface area contributed by atoms with Gasteiger partial charge >= 0.3 is 0 Å². The molecule has 2 nitrogen and oxygen atoms in total. The topological polar surface area (TPSA) is 35.8 Å². The van der Waals surface area contributed by atoms with Gasteiger partial charge in [-0.25, -0.2) is 4.39 Å². The number of rotatable bonds is 4. The highest BCUT2D eigenvalue weighted by molar-refractivity contribution is 6.36. The fourth-order valence-corrected chi connectivity index (χ4v) is 2.14. The predicted molar refractivity (Wildman–Crippen MR) is 67.6 cm³/mol. The van der Waals surface area contributed by atoms with E-state index in [2.05, 4.69) is 11.4 Å². The van der Waals surface area contributed by atoms with Crippen LogP contribution in [0, 0.1) is 23.1 Å². The first kappa shape index (κ1) is 14.2. The summed E-state index contributed by atoms with van der Waals surface area (Å²) in [6.45, 7) is 4.13. The van der Waals surface area contributed by atoms with Crippen molar-refractivity contribution in [3.63, 3.8) is 0 Å². The molecule has 0 amide bonds. The van der Waals surface area contributed by atoms with Crippen LogP contribution in [-0.4, -0.2) is 6.54 Å². The molecule has 0 aliphatic rings. The van der Waals surface area contributed by atoms with Gasteiger partial charge in [-0.2, -0.15) is 5.26 Å². The van der Waals surface area contributed by atoms with Gasteiger partial charge in [0.05, 0.1) is 17.0 Å². The Morgan fingerprint density at radius 3 is 2.65 bits per heavy atom. The molecule has 0 saturated heterocycles. The van der Waals surface area contributed by atoms with Gasteiger partial charge in [0.2, 0.25) is 0 Å². The third-order valence-electron chi connectivity index (χ3n) is 2.46. The predicted octanol–water partition coefficient (Wildman–Crippen LogP) is 3.94. The Bertz CT molecular complexity index is 443. The number of nitriles is 1. The van der Waals surface area contributed by atoms with E-state index in [-0.39, 0.29) is 17.0 Å². The highest BCUT2D eigenvalue weighted by Gasteiger charge is 2.17. The van der Waals surface area contributed by atoms with Crippen molar-refractivity contribution in [2.75, 3.05) is 6.54 Å². The highest BCUT2D eigenvalue weighted by atomic mass is 35.5. The van der Waals surface area contributed by atoms with Crippen LogP contribution >= 0.6 is 23.2 Å². The summed E-state index contributed by atoms with van der Waals surface area (Å²) in [7, 11) is 0. The number of halogens is 3. The average Bonchev–Trinajstić information content (AvgIpc) is 2.31. The second kappa shape index (κ2) is 6.20. The molecule has 0 aliphatic carbocycles. The third kappa shape index (κ3) is 3.57. The van der Waals surface area contributed by atoms with Crippen molar-refractivity contribution < 1.29 is 4.39 Å². The zero-order chi connectivity index (χ0) is 13.0. The van der Waals surface area contributed by atoms with Crippen LogP contribution in [0.25, 0.3) is 0 Å². The van der Waals surface area contributed by atoms with Gasteiger partial charge < -0.3 is 5.32 Å². The van der Waals surface area contributed by atoms with Crippen LogP contribution in [0.5, 0.6) is 0 Å². The zero-order valence-electron chi connectivity index (χ0n) is 9.60. The fourth-order valence-electron chi connectivity index (χ4n) is 1.44. The summed E-state index contributed by atoms with van der Waals surface area (Å²) in [6, 6.07) is 4.61. The van der Waals surface area contributed by atoms with Crippen molar-refractivity contribution >= 4 is 23.2 Å². The molecule has 0 heterocycles. The first-order valence-electron chi connectivity index (χ1n) is 5.23. The van der Waals surface area contributed by atoms with Crippen LogP contribution in [-0.2, 0) is 0 Å². The van der Waals surface area contributed by atoms with E-state index < -0.39 is 5.82 Å². The molecular formula is C12H13Cl2FN2. The van der Waals surface area contributed by atoms with Crippen LogP contribution in [0.1, 0.15) is 25.5 Å². The van der Waals surface area contributed by atoms with Crippen LogP contribution < -0.4 is 5.32 Å². The molecule has 0 fully saturated rings. The Hall–Kier alpha value is -0.820. The normalized spacial score (nSPS) is 14.1. The van der Waals surface area contributed by atoms with Gasteiger partial charge in [0.1, 0.15) is 5.82 Å². The smallest absolute Gasteiger partial charge is 0.142 e. The first-order chi connectivity index (χ1) is 7.97. The van der Waals surface area contributed by atoms with E-state index in [1.807, 2.05) is 6.92 Å². The minimum Gasteiger partial charge on any atom is -0.309 e. The molecular weight excluding hydrogens is 262 g/mol. The second-order valence-corrected chi connectivity index (χ2v) is 4.70. The monoisotopic (exact) mass is 274 g/mol. The lowest BCUT2D eigenvalue weighted by molar-refractivity contribution is 0.524. The summed E-state index contributed by atoms with van der Waals surface area (Å²) in [5.74, 6) is -0.614. The van der Waals surface area contributed by atoms with Gasteiger partial charge in [-0.3, -0.25) is 0 Å². The van der Waals surface area contributed by atoms with Crippen molar-refractivity contribution in [2.24, 2.45) is 5.92 Å². The van der Waals surface area contributed by atoms with E-state index in [0.717, 1.165) is 0 Å². The molecule has 5 heteroatoms. The molecule has 2 atom stereocenters. The molecule has 0 spiro atoms. The van der Waals surface area contributed by atoms with Gasteiger partial charge in [-0.05, 0) is 26.0 Å². The van der Waals surface area contributed by atoms with Crippen LogP contribution in [0.3, 0.4) is 0 Å². The lowest BCUT2D eigenvalue weighted by Gasteiger charge is -2.18. The summed E-state index contributed by atoms with van der Waals surface area (Å²) in [6.07, 6.45) is 0. The van der Waals surface area contributed by atoms with Crippen LogP contribution in [0.4, 0.5) is 4.39 Å².